The number of carbonyl (C=O) groups excluding carboxylic acids is 2. The van der Waals surface area contributed by atoms with E-state index in [9.17, 15) is 24.2 Å². The van der Waals surface area contributed by atoms with E-state index in [1.165, 1.54) is 141 Å². The molecule has 0 spiro atoms. The third-order valence-electron chi connectivity index (χ3n) is 11.1. The maximum atomic E-state index is 12.6. The van der Waals surface area contributed by atoms with Crippen LogP contribution in [0.4, 0.5) is 0 Å². The summed E-state index contributed by atoms with van der Waals surface area (Å²) in [6.07, 6.45) is 48.7. The number of aliphatic hydroxyl groups is 2. The summed E-state index contributed by atoms with van der Waals surface area (Å²) in [5.41, 5.74) is 0. The van der Waals surface area contributed by atoms with Gasteiger partial charge in [-0.15, -0.1) is 0 Å². The Kier molecular flexibility index (Phi) is 45.3. The second-order valence-electron chi connectivity index (χ2n) is 17.2. The highest BCUT2D eigenvalue weighted by atomic mass is 31.2. The molecule has 10 nitrogen and oxygen atoms in total. The average Bonchev–Trinajstić information content (AvgIpc) is 3.25. The first-order valence-corrected chi connectivity index (χ1v) is 26.8. The number of hydrogen-bond donors (Lipinski definition) is 3. The number of unbranched alkanes of at least 4 members (excludes halogenated alkanes) is 30. The van der Waals surface area contributed by atoms with Crippen molar-refractivity contribution in [1.29, 1.82) is 0 Å². The van der Waals surface area contributed by atoms with Crippen molar-refractivity contribution >= 4 is 19.8 Å². The number of phosphoric acid groups is 1. The van der Waals surface area contributed by atoms with Crippen LogP contribution in [-0.2, 0) is 32.7 Å². The molecule has 3 atom stereocenters. The topological polar surface area (TPSA) is 149 Å². The zero-order valence-corrected chi connectivity index (χ0v) is 40.3. The minimum absolute atomic E-state index is 0.171. The quantitative estimate of drug-likeness (QED) is 0.0233. The Bertz CT molecular complexity index is 1070. The Morgan fingerprint density at radius 1 is 0.492 bits per heavy atom. The van der Waals surface area contributed by atoms with Gasteiger partial charge in [-0.3, -0.25) is 18.6 Å². The van der Waals surface area contributed by atoms with Crippen LogP contribution in [0.3, 0.4) is 0 Å². The van der Waals surface area contributed by atoms with E-state index in [4.69, 9.17) is 23.6 Å². The molecule has 0 aliphatic heterocycles. The Morgan fingerprint density at radius 3 is 1.30 bits per heavy atom. The number of aliphatic hydroxyl groups excluding tert-OH is 2. The molecule has 0 saturated carbocycles. The van der Waals surface area contributed by atoms with Gasteiger partial charge in [0.2, 0.25) is 0 Å². The molecule has 0 aromatic rings. The molecule has 0 rings (SSSR count). The molecular weight excluding hydrogens is 792 g/mol. The highest BCUT2D eigenvalue weighted by Gasteiger charge is 2.27. The van der Waals surface area contributed by atoms with E-state index in [1.807, 2.05) is 0 Å². The molecule has 0 saturated heterocycles. The number of carbonyl (C=O) groups is 2. The molecule has 3 unspecified atom stereocenters. The molecule has 0 aromatic heterocycles. The summed E-state index contributed by atoms with van der Waals surface area (Å²) in [5, 5.41) is 18.4. The first-order chi connectivity index (χ1) is 29.7. The van der Waals surface area contributed by atoms with Crippen LogP contribution in [-0.4, -0.2) is 65.7 Å². The summed E-state index contributed by atoms with van der Waals surface area (Å²) in [6.45, 7) is 2.38. The molecule has 0 amide bonds. The van der Waals surface area contributed by atoms with Crippen LogP contribution >= 0.6 is 7.82 Å². The van der Waals surface area contributed by atoms with Gasteiger partial charge in [-0.25, -0.2) is 4.57 Å². The Morgan fingerprint density at radius 2 is 0.852 bits per heavy atom. The van der Waals surface area contributed by atoms with Crippen molar-refractivity contribution in [3.05, 3.63) is 24.3 Å². The molecule has 3 N–H and O–H groups in total. The highest BCUT2D eigenvalue weighted by Crippen LogP contribution is 2.43. The second-order valence-corrected chi connectivity index (χ2v) is 18.7. The molecule has 0 aliphatic rings. The van der Waals surface area contributed by atoms with Crippen LogP contribution in [0, 0.1) is 0 Å². The Balaban J connectivity index is 4.12. The molecule has 0 heterocycles. The lowest BCUT2D eigenvalue weighted by molar-refractivity contribution is -0.161. The van der Waals surface area contributed by atoms with Crippen LogP contribution in [0.2, 0.25) is 0 Å². The van der Waals surface area contributed by atoms with E-state index in [0.717, 1.165) is 64.2 Å². The lowest BCUT2D eigenvalue weighted by Crippen LogP contribution is -2.29. The molecule has 61 heavy (non-hydrogen) atoms. The van der Waals surface area contributed by atoms with Crippen LogP contribution in [0.1, 0.15) is 245 Å². The number of allylic oxidation sites excluding steroid dienone is 4. The highest BCUT2D eigenvalue weighted by molar-refractivity contribution is 7.47. The monoisotopic (exact) mass is 887 g/mol. The summed E-state index contributed by atoms with van der Waals surface area (Å²) in [5.74, 6) is -0.928. The molecular formula is C50H95O10P. The molecule has 0 radical (unpaired) electrons. The molecule has 11 heteroatoms. The number of ether oxygens (including phenoxy) is 2. The van der Waals surface area contributed by atoms with Gasteiger partial charge in [0, 0.05) is 12.8 Å². The van der Waals surface area contributed by atoms with Gasteiger partial charge in [0.1, 0.15) is 12.7 Å². The van der Waals surface area contributed by atoms with E-state index >= 15 is 0 Å². The second kappa shape index (κ2) is 46.4. The normalized spacial score (nSPS) is 13.9. The minimum atomic E-state index is -4.62. The van der Waals surface area contributed by atoms with E-state index in [-0.39, 0.29) is 19.4 Å². The molecule has 0 aliphatic carbocycles. The van der Waals surface area contributed by atoms with Gasteiger partial charge in [0.25, 0.3) is 0 Å². The average molecular weight is 887 g/mol. The van der Waals surface area contributed by atoms with Crippen molar-refractivity contribution < 1.29 is 47.8 Å². The van der Waals surface area contributed by atoms with Gasteiger partial charge in [-0.2, -0.15) is 0 Å². The Hall–Kier alpha value is -1.55. The van der Waals surface area contributed by atoms with Crippen molar-refractivity contribution in [2.75, 3.05) is 26.4 Å². The van der Waals surface area contributed by atoms with E-state index in [0.29, 0.717) is 12.8 Å². The van der Waals surface area contributed by atoms with Gasteiger partial charge in [0.05, 0.1) is 19.8 Å². The fourth-order valence-electron chi connectivity index (χ4n) is 7.20. The van der Waals surface area contributed by atoms with Gasteiger partial charge in [0.15, 0.2) is 6.10 Å². The van der Waals surface area contributed by atoms with Crippen molar-refractivity contribution in [2.24, 2.45) is 0 Å². The molecule has 0 bridgehead atoms. The lowest BCUT2D eigenvalue weighted by atomic mass is 10.0. The maximum absolute atomic E-state index is 12.6. The van der Waals surface area contributed by atoms with Crippen LogP contribution in [0.5, 0.6) is 0 Å². The first kappa shape index (κ1) is 59.5. The summed E-state index contributed by atoms with van der Waals surface area (Å²) in [4.78, 5) is 35.1. The number of esters is 2. The van der Waals surface area contributed by atoms with Gasteiger partial charge >= 0.3 is 19.8 Å². The predicted molar refractivity (Wildman–Crippen MR) is 252 cm³/mol. The molecule has 0 fully saturated rings. The van der Waals surface area contributed by atoms with Crippen LogP contribution < -0.4 is 0 Å². The largest absolute Gasteiger partial charge is 0.472 e. The summed E-state index contributed by atoms with van der Waals surface area (Å²) >= 11 is 0. The third-order valence-corrected chi connectivity index (χ3v) is 12.1. The van der Waals surface area contributed by atoms with Crippen LogP contribution in [0.25, 0.3) is 0 Å². The molecule has 0 aromatic carbocycles. The van der Waals surface area contributed by atoms with Gasteiger partial charge < -0.3 is 24.6 Å². The summed E-state index contributed by atoms with van der Waals surface area (Å²) in [6, 6.07) is 0. The fraction of sp³-hybridized carbons (Fsp3) is 0.880. The zero-order valence-electron chi connectivity index (χ0n) is 39.4. The smallest absolute Gasteiger partial charge is 0.462 e. The van der Waals surface area contributed by atoms with E-state index in [1.54, 1.807) is 0 Å². The van der Waals surface area contributed by atoms with Crippen molar-refractivity contribution in [3.8, 4) is 0 Å². The van der Waals surface area contributed by atoms with Gasteiger partial charge in [-0.05, 0) is 44.9 Å². The minimum Gasteiger partial charge on any atom is -0.462 e. The Labute approximate surface area is 374 Å². The number of hydrogen-bond acceptors (Lipinski definition) is 9. The molecule has 360 valence electrons. The van der Waals surface area contributed by atoms with Gasteiger partial charge in [-0.1, -0.05) is 212 Å². The van der Waals surface area contributed by atoms with Crippen molar-refractivity contribution in [1.82, 2.24) is 0 Å². The summed E-state index contributed by atoms with van der Waals surface area (Å²) in [7, 11) is -4.62. The maximum Gasteiger partial charge on any atom is 0.472 e. The SMILES string of the molecule is CCCCC/C=C\C/C=C\CCCCCCCC(=O)OC(COC(=O)CCCCCCCCCCCCCCCCCCCCCCCCC)COP(=O)(O)OCC(O)CO. The summed E-state index contributed by atoms with van der Waals surface area (Å²) < 4.78 is 32.8. The van der Waals surface area contributed by atoms with E-state index in [2.05, 4.69) is 38.2 Å². The fourth-order valence-corrected chi connectivity index (χ4v) is 7.99. The van der Waals surface area contributed by atoms with Crippen LogP contribution in [0.15, 0.2) is 24.3 Å². The van der Waals surface area contributed by atoms with E-state index < -0.39 is 51.8 Å². The predicted octanol–water partition coefficient (Wildman–Crippen LogP) is 14.1. The third kappa shape index (κ3) is 46.3. The number of rotatable bonds is 48. The zero-order chi connectivity index (χ0) is 44.8. The van der Waals surface area contributed by atoms with Crippen molar-refractivity contribution in [3.63, 3.8) is 0 Å². The first-order valence-electron chi connectivity index (χ1n) is 25.3. The standard InChI is InChI=1S/C50H95O10P/c1-3-5-7-9-11-13-15-17-19-20-21-22-23-24-25-26-28-29-31-33-35-37-39-41-49(53)57-45-48(46-59-61(55,56)58-44-47(52)43-51)60-50(54)42-40-38-36-34-32-30-27-18-16-14-12-10-8-6-4-2/h12,14,18,27,47-48,51-52H,3-11,13,15-17,19-26,28-46H2,1-2H3,(H,55,56)/b14-12-,27-18-. The van der Waals surface area contributed by atoms with Crippen molar-refractivity contribution in [2.45, 2.75) is 257 Å². The number of phosphoric ester groups is 1. The lowest BCUT2D eigenvalue weighted by Gasteiger charge is -2.20.